The first-order valence-corrected chi connectivity index (χ1v) is 9.84. The third-order valence-corrected chi connectivity index (χ3v) is 5.43. The number of rotatable bonds is 3. The SMILES string of the molecule is Cc1cccc(C)c1N=C1C(=NCc2ccccn2)c2cccc3cccc1c23. The van der Waals surface area contributed by atoms with Crippen molar-refractivity contribution < 1.29 is 0 Å². The molecule has 29 heavy (non-hydrogen) atoms. The lowest BCUT2D eigenvalue weighted by Gasteiger charge is -2.08. The van der Waals surface area contributed by atoms with Crippen molar-refractivity contribution >= 4 is 27.9 Å². The minimum absolute atomic E-state index is 0.534. The van der Waals surface area contributed by atoms with E-state index in [1.54, 1.807) is 0 Å². The smallest absolute Gasteiger partial charge is 0.0974 e. The van der Waals surface area contributed by atoms with Crippen LogP contribution in [0.5, 0.6) is 0 Å². The van der Waals surface area contributed by atoms with Crippen LogP contribution >= 0.6 is 0 Å². The van der Waals surface area contributed by atoms with Gasteiger partial charge in [-0.25, -0.2) is 4.99 Å². The minimum atomic E-state index is 0.534. The van der Waals surface area contributed by atoms with Crippen LogP contribution < -0.4 is 0 Å². The Morgan fingerprint density at radius 2 is 1.41 bits per heavy atom. The molecule has 3 heteroatoms. The molecule has 1 aliphatic rings. The molecule has 0 aliphatic heterocycles. The zero-order valence-electron chi connectivity index (χ0n) is 16.6. The highest BCUT2D eigenvalue weighted by Crippen LogP contribution is 2.34. The lowest BCUT2D eigenvalue weighted by molar-refractivity contribution is 0.993. The zero-order valence-corrected chi connectivity index (χ0v) is 16.6. The number of benzene rings is 3. The van der Waals surface area contributed by atoms with Crippen LogP contribution in [0.2, 0.25) is 0 Å². The Morgan fingerprint density at radius 1 is 0.724 bits per heavy atom. The molecule has 0 atom stereocenters. The van der Waals surface area contributed by atoms with Gasteiger partial charge in [0.2, 0.25) is 0 Å². The van der Waals surface area contributed by atoms with Crippen LogP contribution in [0.3, 0.4) is 0 Å². The lowest BCUT2D eigenvalue weighted by atomic mass is 10.1. The van der Waals surface area contributed by atoms with Gasteiger partial charge < -0.3 is 0 Å². The zero-order chi connectivity index (χ0) is 19.8. The average molecular weight is 375 g/mol. The summed E-state index contributed by atoms with van der Waals surface area (Å²) in [7, 11) is 0. The summed E-state index contributed by atoms with van der Waals surface area (Å²) < 4.78 is 0. The number of hydrogen-bond donors (Lipinski definition) is 0. The maximum absolute atomic E-state index is 5.16. The highest BCUT2D eigenvalue weighted by Gasteiger charge is 2.27. The molecule has 1 heterocycles. The monoisotopic (exact) mass is 375 g/mol. The summed E-state index contributed by atoms with van der Waals surface area (Å²) in [6.45, 7) is 4.76. The van der Waals surface area contributed by atoms with Crippen LogP contribution in [0.1, 0.15) is 27.9 Å². The van der Waals surface area contributed by atoms with E-state index in [0.717, 1.165) is 33.9 Å². The van der Waals surface area contributed by atoms with Crippen molar-refractivity contribution in [2.24, 2.45) is 9.98 Å². The van der Waals surface area contributed by atoms with Gasteiger partial charge in [0.05, 0.1) is 29.3 Å². The Bertz CT molecular complexity index is 1260. The van der Waals surface area contributed by atoms with Crippen LogP contribution in [0.15, 0.2) is 89.0 Å². The fourth-order valence-electron chi connectivity index (χ4n) is 4.01. The highest BCUT2D eigenvalue weighted by molar-refractivity contribution is 6.61. The van der Waals surface area contributed by atoms with Gasteiger partial charge in [-0.15, -0.1) is 0 Å². The van der Waals surface area contributed by atoms with E-state index >= 15 is 0 Å². The quantitative estimate of drug-likeness (QED) is 0.434. The molecule has 0 radical (unpaired) electrons. The number of nitrogens with zero attached hydrogens (tertiary/aromatic N) is 3. The minimum Gasteiger partial charge on any atom is -0.276 e. The first-order valence-electron chi connectivity index (χ1n) is 9.84. The second-order valence-electron chi connectivity index (χ2n) is 7.40. The summed E-state index contributed by atoms with van der Waals surface area (Å²) in [6.07, 6.45) is 1.81. The van der Waals surface area contributed by atoms with Gasteiger partial charge in [-0.3, -0.25) is 9.98 Å². The van der Waals surface area contributed by atoms with E-state index in [1.165, 1.54) is 21.9 Å². The molecule has 0 fully saturated rings. The van der Waals surface area contributed by atoms with Crippen molar-refractivity contribution in [1.82, 2.24) is 4.98 Å². The second kappa shape index (κ2) is 7.10. The highest BCUT2D eigenvalue weighted by atomic mass is 14.9. The average Bonchev–Trinajstić information content (AvgIpc) is 3.05. The van der Waals surface area contributed by atoms with E-state index in [9.17, 15) is 0 Å². The molecular weight excluding hydrogens is 354 g/mol. The maximum Gasteiger partial charge on any atom is 0.0974 e. The third kappa shape index (κ3) is 3.05. The Kier molecular flexibility index (Phi) is 4.28. The summed E-state index contributed by atoms with van der Waals surface area (Å²) in [5, 5.41) is 2.46. The third-order valence-electron chi connectivity index (χ3n) is 5.43. The molecule has 0 N–H and O–H groups in total. The van der Waals surface area contributed by atoms with Crippen LogP contribution in [0.4, 0.5) is 5.69 Å². The van der Waals surface area contributed by atoms with Crippen molar-refractivity contribution in [2.45, 2.75) is 20.4 Å². The molecule has 0 saturated heterocycles. The van der Waals surface area contributed by atoms with Crippen molar-refractivity contribution in [3.63, 3.8) is 0 Å². The molecule has 1 aromatic heterocycles. The van der Waals surface area contributed by atoms with E-state index in [1.807, 2.05) is 24.4 Å². The predicted octanol–water partition coefficient (Wildman–Crippen LogP) is 5.98. The molecule has 0 bridgehead atoms. The molecule has 0 spiro atoms. The molecule has 3 nitrogen and oxygen atoms in total. The molecule has 0 saturated carbocycles. The van der Waals surface area contributed by atoms with Gasteiger partial charge in [0.1, 0.15) is 0 Å². The van der Waals surface area contributed by atoms with Gasteiger partial charge >= 0.3 is 0 Å². The summed E-state index contributed by atoms with van der Waals surface area (Å²) in [5.74, 6) is 0. The van der Waals surface area contributed by atoms with Crippen molar-refractivity contribution in [1.29, 1.82) is 0 Å². The maximum atomic E-state index is 5.16. The van der Waals surface area contributed by atoms with Crippen LogP contribution in [0, 0.1) is 13.8 Å². The number of aryl methyl sites for hydroxylation is 2. The molecule has 4 aromatic rings. The fraction of sp³-hybridized carbons (Fsp3) is 0.115. The van der Waals surface area contributed by atoms with E-state index in [4.69, 9.17) is 9.98 Å². The number of aromatic nitrogens is 1. The first-order chi connectivity index (χ1) is 14.2. The number of pyridine rings is 1. The van der Waals surface area contributed by atoms with Gasteiger partial charge in [0, 0.05) is 22.7 Å². The summed E-state index contributed by atoms with van der Waals surface area (Å²) >= 11 is 0. The first kappa shape index (κ1) is 17.5. The van der Waals surface area contributed by atoms with Crippen LogP contribution in [0.25, 0.3) is 10.8 Å². The Morgan fingerprint density at radius 3 is 2.10 bits per heavy atom. The number of hydrogen-bond acceptors (Lipinski definition) is 3. The Balaban J connectivity index is 1.73. The van der Waals surface area contributed by atoms with Gasteiger partial charge in [-0.2, -0.15) is 0 Å². The Labute approximate surface area is 170 Å². The predicted molar refractivity (Wildman–Crippen MR) is 121 cm³/mol. The van der Waals surface area contributed by atoms with Crippen LogP contribution in [-0.2, 0) is 6.54 Å². The normalized spacial score (nSPS) is 15.5. The largest absolute Gasteiger partial charge is 0.276 e. The number of aliphatic imine (C=N–C) groups is 2. The van der Waals surface area contributed by atoms with Gasteiger partial charge in [-0.1, -0.05) is 60.7 Å². The topological polar surface area (TPSA) is 37.6 Å². The standard InChI is InChI=1S/C26H21N3/c1-17-8-5-9-18(2)24(17)29-26-22-14-7-11-19-10-6-13-21(23(19)22)25(26)28-16-20-12-3-4-15-27-20/h3-15H,16H2,1-2H3. The van der Waals surface area contributed by atoms with Crippen LogP contribution in [-0.4, -0.2) is 16.4 Å². The van der Waals surface area contributed by atoms with Crippen molar-refractivity contribution in [2.75, 3.05) is 0 Å². The fourth-order valence-corrected chi connectivity index (χ4v) is 4.01. The van der Waals surface area contributed by atoms with Gasteiger partial charge in [0.15, 0.2) is 0 Å². The molecule has 3 aromatic carbocycles. The van der Waals surface area contributed by atoms with E-state index in [0.29, 0.717) is 6.54 Å². The molecular formula is C26H21N3. The summed E-state index contributed by atoms with van der Waals surface area (Å²) in [4.78, 5) is 14.6. The summed E-state index contributed by atoms with van der Waals surface area (Å²) in [6, 6.07) is 25.0. The Hall–Kier alpha value is -3.59. The molecule has 1 aliphatic carbocycles. The van der Waals surface area contributed by atoms with Gasteiger partial charge in [-0.05, 0) is 42.5 Å². The van der Waals surface area contributed by atoms with Crippen molar-refractivity contribution in [3.8, 4) is 0 Å². The molecule has 0 unspecified atom stereocenters. The van der Waals surface area contributed by atoms with E-state index in [2.05, 4.69) is 73.4 Å². The second-order valence-corrected chi connectivity index (χ2v) is 7.40. The number of para-hydroxylation sites is 1. The summed E-state index contributed by atoms with van der Waals surface area (Å²) in [5.41, 5.74) is 8.52. The van der Waals surface area contributed by atoms with E-state index in [-0.39, 0.29) is 0 Å². The molecule has 140 valence electrons. The molecule has 5 rings (SSSR count). The lowest BCUT2D eigenvalue weighted by Crippen LogP contribution is -2.11. The van der Waals surface area contributed by atoms with E-state index < -0.39 is 0 Å². The van der Waals surface area contributed by atoms with Gasteiger partial charge in [0.25, 0.3) is 0 Å². The van der Waals surface area contributed by atoms with Crippen molar-refractivity contribution in [3.05, 3.63) is 107 Å². The molecule has 0 amide bonds.